The summed E-state index contributed by atoms with van der Waals surface area (Å²) in [6.45, 7) is 4.32. The Hall–Kier alpha value is -3.71. The number of hydrogen-bond donors (Lipinski definition) is 1. The SMILES string of the molecule is C#C.C#C.CC1=C(C(=O)N2CCCC2)Cn2nccc2N1.Clc1ccccc1Cl.Fc1ccccc1. The number of hydrogen-bond acceptors (Lipinski definition) is 3. The molecular weight excluding hydrogens is 498 g/mol. The van der Waals surface area contributed by atoms with Crippen molar-refractivity contribution in [2.24, 2.45) is 0 Å². The van der Waals surface area contributed by atoms with Gasteiger partial charge in [0.05, 0.1) is 28.4 Å². The van der Waals surface area contributed by atoms with Crippen molar-refractivity contribution in [3.05, 3.63) is 94.0 Å². The molecule has 0 unspecified atom stereocenters. The van der Waals surface area contributed by atoms with Crippen LogP contribution in [0.3, 0.4) is 0 Å². The van der Waals surface area contributed by atoms with E-state index in [9.17, 15) is 9.18 Å². The number of nitrogens with one attached hydrogen (secondary N) is 1. The van der Waals surface area contributed by atoms with Gasteiger partial charge < -0.3 is 10.2 Å². The summed E-state index contributed by atoms with van der Waals surface area (Å²) in [6, 6.07) is 17.0. The minimum atomic E-state index is -0.178. The average molecular weight is 527 g/mol. The molecule has 1 fully saturated rings. The molecular formula is C28H29Cl2FN4O. The van der Waals surface area contributed by atoms with Gasteiger partial charge in [0, 0.05) is 24.9 Å². The van der Waals surface area contributed by atoms with Crippen molar-refractivity contribution >= 4 is 34.9 Å². The summed E-state index contributed by atoms with van der Waals surface area (Å²) in [7, 11) is 0. The quantitative estimate of drug-likeness (QED) is 0.367. The van der Waals surface area contributed by atoms with E-state index in [1.165, 1.54) is 12.1 Å². The highest BCUT2D eigenvalue weighted by molar-refractivity contribution is 6.41. The van der Waals surface area contributed by atoms with E-state index in [1.54, 1.807) is 36.5 Å². The molecule has 3 heterocycles. The van der Waals surface area contributed by atoms with Crippen molar-refractivity contribution < 1.29 is 9.18 Å². The van der Waals surface area contributed by atoms with Crippen molar-refractivity contribution in [3.63, 3.8) is 0 Å². The van der Waals surface area contributed by atoms with Crippen molar-refractivity contribution in [2.75, 3.05) is 18.4 Å². The van der Waals surface area contributed by atoms with Crippen LogP contribution in [0, 0.1) is 31.5 Å². The molecule has 2 aromatic carbocycles. The van der Waals surface area contributed by atoms with E-state index in [0.717, 1.165) is 43.0 Å². The highest BCUT2D eigenvalue weighted by atomic mass is 35.5. The summed E-state index contributed by atoms with van der Waals surface area (Å²) >= 11 is 11.2. The monoisotopic (exact) mass is 526 g/mol. The third-order valence-corrected chi connectivity index (χ3v) is 5.76. The summed E-state index contributed by atoms with van der Waals surface area (Å²) in [4.78, 5) is 14.3. The normalized spacial score (nSPS) is 12.9. The van der Waals surface area contributed by atoms with Gasteiger partial charge >= 0.3 is 0 Å². The highest BCUT2D eigenvalue weighted by Crippen LogP contribution is 2.23. The fraction of sp³-hybridized carbons (Fsp3) is 0.214. The Morgan fingerprint density at radius 2 is 1.44 bits per heavy atom. The average Bonchev–Trinajstić information content (AvgIpc) is 3.61. The van der Waals surface area contributed by atoms with Crippen LogP contribution in [0.15, 0.2) is 78.1 Å². The van der Waals surface area contributed by atoms with E-state index in [4.69, 9.17) is 23.2 Å². The van der Waals surface area contributed by atoms with E-state index in [0.29, 0.717) is 16.6 Å². The minimum Gasteiger partial charge on any atom is -0.344 e. The number of aromatic nitrogens is 2. The molecule has 0 spiro atoms. The van der Waals surface area contributed by atoms with Crippen molar-refractivity contribution in [1.82, 2.24) is 14.7 Å². The zero-order chi connectivity index (χ0) is 26.9. The van der Waals surface area contributed by atoms with Gasteiger partial charge in [-0.1, -0.05) is 53.5 Å². The zero-order valence-electron chi connectivity index (χ0n) is 20.1. The lowest BCUT2D eigenvalue weighted by molar-refractivity contribution is -0.126. The topological polar surface area (TPSA) is 50.2 Å². The number of benzene rings is 2. The van der Waals surface area contributed by atoms with Crippen LogP contribution in [0.25, 0.3) is 0 Å². The van der Waals surface area contributed by atoms with Gasteiger partial charge in [-0.05, 0) is 44.0 Å². The summed E-state index contributed by atoms with van der Waals surface area (Å²) in [5.41, 5.74) is 1.79. The lowest BCUT2D eigenvalue weighted by Gasteiger charge is -2.24. The third kappa shape index (κ3) is 9.50. The molecule has 36 heavy (non-hydrogen) atoms. The first kappa shape index (κ1) is 30.3. The molecule has 5 nitrogen and oxygen atoms in total. The fourth-order valence-electron chi connectivity index (χ4n) is 3.29. The zero-order valence-corrected chi connectivity index (χ0v) is 21.6. The van der Waals surface area contributed by atoms with Crippen LogP contribution in [-0.2, 0) is 11.3 Å². The molecule has 2 aliphatic heterocycles. The Bertz CT molecular complexity index is 1120. The predicted molar refractivity (Wildman–Crippen MR) is 147 cm³/mol. The largest absolute Gasteiger partial charge is 0.344 e. The molecule has 1 aromatic heterocycles. The molecule has 1 amide bonds. The molecule has 188 valence electrons. The number of terminal acetylenes is 2. The van der Waals surface area contributed by atoms with Gasteiger partial charge in [-0.25, -0.2) is 9.07 Å². The van der Waals surface area contributed by atoms with Gasteiger partial charge in [0.25, 0.3) is 5.91 Å². The number of amides is 1. The minimum absolute atomic E-state index is 0.161. The van der Waals surface area contributed by atoms with Crippen LogP contribution < -0.4 is 5.32 Å². The highest BCUT2D eigenvalue weighted by Gasteiger charge is 2.26. The van der Waals surface area contributed by atoms with Gasteiger partial charge in [-0.3, -0.25) is 4.79 Å². The second kappa shape index (κ2) is 16.8. The van der Waals surface area contributed by atoms with Crippen LogP contribution in [0.2, 0.25) is 10.0 Å². The van der Waals surface area contributed by atoms with E-state index in [1.807, 2.05) is 34.7 Å². The summed E-state index contributed by atoms with van der Waals surface area (Å²) in [5.74, 6) is 0.941. The number of fused-ring (bicyclic) bond motifs is 1. The number of nitrogens with zero attached hydrogens (tertiary/aromatic N) is 3. The molecule has 0 atom stereocenters. The second-order valence-electron chi connectivity index (χ2n) is 7.31. The maximum Gasteiger partial charge on any atom is 0.253 e. The Labute approximate surface area is 222 Å². The molecule has 0 saturated carbocycles. The number of halogens is 3. The second-order valence-corrected chi connectivity index (χ2v) is 8.13. The van der Waals surface area contributed by atoms with Gasteiger partial charge in [-0.2, -0.15) is 5.10 Å². The molecule has 0 aliphatic carbocycles. The molecule has 8 heteroatoms. The molecule has 5 rings (SSSR count). The lowest BCUT2D eigenvalue weighted by atomic mass is 10.1. The number of anilines is 1. The van der Waals surface area contributed by atoms with Gasteiger partial charge in [0.1, 0.15) is 11.6 Å². The first-order valence-electron chi connectivity index (χ1n) is 11.0. The standard InChI is InChI=1S/C12H16N4O.C6H4Cl2.C6H5F.2C2H2/c1-9-10(12(17)15-6-2-3-7-15)8-16-11(14-9)4-5-13-16;7-5-3-1-2-4-6(5)8;7-6-4-2-1-3-5-6;2*1-2/h4-5,14H,2-3,6-8H2,1H3;1-4H;1-5H;2*1-2H. The van der Waals surface area contributed by atoms with Gasteiger partial charge in [0.15, 0.2) is 0 Å². The number of rotatable bonds is 1. The van der Waals surface area contributed by atoms with Crippen molar-refractivity contribution in [2.45, 2.75) is 26.3 Å². The van der Waals surface area contributed by atoms with Crippen molar-refractivity contribution in [1.29, 1.82) is 0 Å². The summed E-state index contributed by atoms with van der Waals surface area (Å²) in [6.07, 6.45) is 20.0. The van der Waals surface area contributed by atoms with E-state index < -0.39 is 0 Å². The van der Waals surface area contributed by atoms with Crippen LogP contribution in [0.4, 0.5) is 10.2 Å². The molecule has 1 N–H and O–H groups in total. The number of carbonyl (C=O) groups is 1. The molecule has 1 saturated heterocycles. The Morgan fingerprint density at radius 1 is 0.917 bits per heavy atom. The number of carbonyl (C=O) groups excluding carboxylic acids is 1. The molecule has 2 aliphatic rings. The summed E-state index contributed by atoms with van der Waals surface area (Å²) in [5, 5.41) is 8.64. The maximum atomic E-state index is 12.3. The molecule has 0 bridgehead atoms. The van der Waals surface area contributed by atoms with Gasteiger partial charge in [-0.15, -0.1) is 25.7 Å². The lowest BCUT2D eigenvalue weighted by Crippen LogP contribution is -2.33. The fourth-order valence-corrected chi connectivity index (χ4v) is 3.57. The Morgan fingerprint density at radius 3 is 1.92 bits per heavy atom. The van der Waals surface area contributed by atoms with Gasteiger partial charge in [0.2, 0.25) is 0 Å². The molecule has 3 aromatic rings. The molecule has 0 radical (unpaired) electrons. The van der Waals surface area contributed by atoms with Crippen molar-refractivity contribution in [3.8, 4) is 25.7 Å². The number of likely N-dealkylation sites (tertiary alicyclic amines) is 1. The third-order valence-electron chi connectivity index (χ3n) is 5.00. The van der Waals surface area contributed by atoms with E-state index in [-0.39, 0.29) is 11.7 Å². The Kier molecular flexibility index (Phi) is 14.2. The van der Waals surface area contributed by atoms with E-state index in [2.05, 4.69) is 36.1 Å². The van der Waals surface area contributed by atoms with E-state index >= 15 is 0 Å². The first-order valence-corrected chi connectivity index (χ1v) is 11.8. The number of allylic oxidation sites excluding steroid dienone is 1. The predicted octanol–water partition coefficient (Wildman–Crippen LogP) is 6.52. The first-order chi connectivity index (χ1) is 17.5. The summed E-state index contributed by atoms with van der Waals surface area (Å²) < 4.78 is 13.7. The van der Waals surface area contributed by atoms with Crippen LogP contribution in [-0.4, -0.2) is 33.7 Å². The maximum absolute atomic E-state index is 12.3. The van der Waals surface area contributed by atoms with Crippen LogP contribution in [0.1, 0.15) is 19.8 Å². The van der Waals surface area contributed by atoms with Crippen LogP contribution >= 0.6 is 23.2 Å². The smallest absolute Gasteiger partial charge is 0.253 e. The Balaban J connectivity index is 0.000000285. The van der Waals surface area contributed by atoms with Crippen LogP contribution in [0.5, 0.6) is 0 Å².